The van der Waals surface area contributed by atoms with Gasteiger partial charge in [0.2, 0.25) is 0 Å². The number of hydrogen-bond donors (Lipinski definition) is 0. The van der Waals surface area contributed by atoms with Gasteiger partial charge in [0.15, 0.2) is 0 Å². The highest BCUT2D eigenvalue weighted by atomic mass is 28.3. The van der Waals surface area contributed by atoms with E-state index in [0.717, 1.165) is 23.1 Å². The number of rotatable bonds is 5. The van der Waals surface area contributed by atoms with Crippen LogP contribution in [0.1, 0.15) is 24.9 Å². The van der Waals surface area contributed by atoms with Crippen LogP contribution in [0.5, 0.6) is 0 Å². The highest BCUT2D eigenvalue weighted by Gasteiger charge is 2.16. The van der Waals surface area contributed by atoms with Gasteiger partial charge in [0.25, 0.3) is 0 Å². The van der Waals surface area contributed by atoms with E-state index in [9.17, 15) is 0 Å². The molecule has 0 amide bonds. The highest BCUT2D eigenvalue weighted by Crippen LogP contribution is 2.28. The predicted molar refractivity (Wildman–Crippen MR) is 117 cm³/mol. The molecule has 0 bridgehead atoms. The van der Waals surface area contributed by atoms with Crippen molar-refractivity contribution in [1.82, 2.24) is 4.98 Å². The highest BCUT2D eigenvalue weighted by molar-refractivity contribution is 6.88. The van der Waals surface area contributed by atoms with Crippen molar-refractivity contribution in [2.75, 3.05) is 0 Å². The van der Waals surface area contributed by atoms with E-state index in [4.69, 9.17) is 5.48 Å². The number of nitrogens with zero attached hydrogens (tertiary/aromatic N) is 1. The summed E-state index contributed by atoms with van der Waals surface area (Å²) in [6, 6.07) is 11.7. The van der Waals surface area contributed by atoms with Crippen LogP contribution >= 0.6 is 0 Å². The monoisotopic (exact) mass is 363 g/mol. The Labute approximate surface area is 164 Å². The van der Waals surface area contributed by atoms with Crippen molar-refractivity contribution in [3.63, 3.8) is 0 Å². The first-order chi connectivity index (χ1) is 14.0. The summed E-state index contributed by atoms with van der Waals surface area (Å²) in [7, 11) is -1.36. The lowest BCUT2D eigenvalue weighted by atomic mass is 9.94. The predicted octanol–water partition coefficient (Wildman–Crippen LogP) is 6.16. The van der Waals surface area contributed by atoms with E-state index in [1.807, 2.05) is 12.3 Å². The Hall–Kier alpha value is -2.19. The fraction of sp³-hybridized carbons (Fsp3) is 0.292. The van der Waals surface area contributed by atoms with Crippen LogP contribution in [-0.2, 0) is 6.42 Å². The van der Waals surface area contributed by atoms with E-state index >= 15 is 0 Å². The standard InChI is InChI=1S/C24H29NSi/c1-18(2)15-21-16-24(20-9-7-6-8-10-20)25-17-23(21)19-11-13-22(14-12-19)26(3,4)5/h6-14,16-18H,15H2,1-5H3/i6D,7D,8D,9D. The molecule has 2 aromatic carbocycles. The first-order valence-corrected chi connectivity index (χ1v) is 12.7. The molecule has 0 radical (unpaired) electrons. The van der Waals surface area contributed by atoms with Gasteiger partial charge < -0.3 is 0 Å². The first kappa shape index (κ1) is 13.9. The molecule has 26 heavy (non-hydrogen) atoms. The van der Waals surface area contributed by atoms with E-state index in [2.05, 4.69) is 62.7 Å². The van der Waals surface area contributed by atoms with Crippen molar-refractivity contribution in [1.29, 1.82) is 0 Å². The summed E-state index contributed by atoms with van der Waals surface area (Å²) in [5.41, 5.74) is 4.37. The van der Waals surface area contributed by atoms with Crippen molar-refractivity contribution in [2.24, 2.45) is 5.92 Å². The van der Waals surface area contributed by atoms with Gasteiger partial charge in [-0.25, -0.2) is 0 Å². The molecule has 0 aliphatic rings. The second-order valence-corrected chi connectivity index (χ2v) is 13.3. The first-order valence-electron chi connectivity index (χ1n) is 11.2. The van der Waals surface area contributed by atoms with Gasteiger partial charge in [-0.2, -0.15) is 0 Å². The molecule has 2 heteroatoms. The quantitative estimate of drug-likeness (QED) is 0.495. The van der Waals surface area contributed by atoms with Crippen LogP contribution in [-0.4, -0.2) is 13.1 Å². The molecule has 0 fully saturated rings. The summed E-state index contributed by atoms with van der Waals surface area (Å²) in [5, 5.41) is 1.42. The summed E-state index contributed by atoms with van der Waals surface area (Å²) in [5.74, 6) is 0.449. The maximum Gasteiger partial charge on any atom is 0.0775 e. The van der Waals surface area contributed by atoms with Crippen LogP contribution < -0.4 is 5.19 Å². The molecule has 1 nitrogen and oxygen atoms in total. The SMILES string of the molecule is [2H]c1cc(-c2cc(CC(C)C)c(-c3ccc([Si](C)(C)C)cc3)cn2)c([2H])c([2H])c1[2H]. The molecule has 1 heterocycles. The van der Waals surface area contributed by atoms with Gasteiger partial charge in [-0.15, -0.1) is 0 Å². The maximum absolute atomic E-state index is 8.26. The van der Waals surface area contributed by atoms with Crippen molar-refractivity contribution in [3.05, 3.63) is 72.3 Å². The molecule has 0 atom stereocenters. The maximum atomic E-state index is 8.26. The summed E-state index contributed by atoms with van der Waals surface area (Å²) in [6.07, 6.45) is 2.71. The van der Waals surface area contributed by atoms with Gasteiger partial charge in [0.05, 0.1) is 19.3 Å². The number of benzene rings is 2. The smallest absolute Gasteiger partial charge is 0.0775 e. The molecular weight excluding hydrogens is 330 g/mol. The van der Waals surface area contributed by atoms with E-state index in [-0.39, 0.29) is 24.2 Å². The molecule has 0 N–H and O–H groups in total. The lowest BCUT2D eigenvalue weighted by Gasteiger charge is -2.18. The van der Waals surface area contributed by atoms with Crippen LogP contribution in [0, 0.1) is 5.92 Å². The molecule has 0 saturated carbocycles. The van der Waals surface area contributed by atoms with E-state index in [1.165, 1.54) is 11.3 Å². The van der Waals surface area contributed by atoms with Crippen LogP contribution in [0.25, 0.3) is 22.4 Å². The Bertz CT molecular complexity index is 1070. The van der Waals surface area contributed by atoms with Gasteiger partial charge in [-0.05, 0) is 29.5 Å². The van der Waals surface area contributed by atoms with Gasteiger partial charge in [-0.3, -0.25) is 4.98 Å². The van der Waals surface area contributed by atoms with Crippen molar-refractivity contribution < 1.29 is 5.48 Å². The second kappa shape index (κ2) is 7.59. The number of aromatic nitrogens is 1. The minimum Gasteiger partial charge on any atom is -0.256 e. The second-order valence-electron chi connectivity index (χ2n) is 8.23. The zero-order valence-corrected chi connectivity index (χ0v) is 17.3. The number of hydrogen-bond acceptors (Lipinski definition) is 1. The third-order valence-corrected chi connectivity index (χ3v) is 6.57. The van der Waals surface area contributed by atoms with Gasteiger partial charge in [0, 0.05) is 17.3 Å². The van der Waals surface area contributed by atoms with E-state index in [1.54, 1.807) is 0 Å². The van der Waals surface area contributed by atoms with Gasteiger partial charge in [0.1, 0.15) is 0 Å². The molecule has 0 spiro atoms. The van der Waals surface area contributed by atoms with Crippen LogP contribution in [0.3, 0.4) is 0 Å². The van der Waals surface area contributed by atoms with Crippen LogP contribution in [0.15, 0.2) is 66.8 Å². The molecule has 0 saturated heterocycles. The average Bonchev–Trinajstić information content (AvgIpc) is 2.68. The van der Waals surface area contributed by atoms with E-state index in [0.29, 0.717) is 17.2 Å². The third-order valence-electron chi connectivity index (χ3n) is 4.50. The Morgan fingerprint density at radius 3 is 2.35 bits per heavy atom. The largest absolute Gasteiger partial charge is 0.256 e. The van der Waals surface area contributed by atoms with Crippen molar-refractivity contribution in [3.8, 4) is 22.4 Å². The Morgan fingerprint density at radius 2 is 1.69 bits per heavy atom. The molecule has 0 unspecified atom stereocenters. The molecule has 134 valence electrons. The zero-order chi connectivity index (χ0) is 22.2. The van der Waals surface area contributed by atoms with E-state index < -0.39 is 8.07 Å². The Kier molecular flexibility index (Phi) is 4.07. The van der Waals surface area contributed by atoms with Crippen molar-refractivity contribution in [2.45, 2.75) is 39.9 Å². The normalized spacial score (nSPS) is 13.9. The topological polar surface area (TPSA) is 12.9 Å². The number of pyridine rings is 1. The van der Waals surface area contributed by atoms with Crippen LogP contribution in [0.4, 0.5) is 0 Å². The van der Waals surface area contributed by atoms with Crippen LogP contribution in [0.2, 0.25) is 19.6 Å². The summed E-state index contributed by atoms with van der Waals surface area (Å²) in [6.45, 7) is 11.4. The van der Waals surface area contributed by atoms with Crippen molar-refractivity contribution >= 4 is 13.3 Å². The molecule has 1 aromatic heterocycles. The lowest BCUT2D eigenvalue weighted by molar-refractivity contribution is 0.648. The molecule has 3 rings (SSSR count). The summed E-state index contributed by atoms with van der Waals surface area (Å²) >= 11 is 0. The lowest BCUT2D eigenvalue weighted by Crippen LogP contribution is -2.37. The Balaban J connectivity index is 2.12. The Morgan fingerprint density at radius 1 is 0.962 bits per heavy atom. The summed E-state index contributed by atoms with van der Waals surface area (Å²) < 4.78 is 31.9. The molecular formula is C24H29NSi. The van der Waals surface area contributed by atoms with Gasteiger partial charge in [-0.1, -0.05) is 93.2 Å². The fourth-order valence-electron chi connectivity index (χ4n) is 3.08. The average molecular weight is 364 g/mol. The molecule has 0 aliphatic heterocycles. The molecule has 0 aliphatic carbocycles. The summed E-state index contributed by atoms with van der Waals surface area (Å²) in [4.78, 5) is 4.60. The van der Waals surface area contributed by atoms with Gasteiger partial charge >= 0.3 is 0 Å². The molecule has 3 aromatic rings. The minimum atomic E-state index is -1.36. The third kappa shape index (κ3) is 4.31. The minimum absolute atomic E-state index is 0.0498. The fourth-order valence-corrected chi connectivity index (χ4v) is 4.25. The zero-order valence-electron chi connectivity index (χ0n) is 20.3.